The van der Waals surface area contributed by atoms with Crippen LogP contribution >= 0.6 is 0 Å². The Morgan fingerprint density at radius 3 is 2.00 bits per heavy atom. The van der Waals surface area contributed by atoms with Gasteiger partial charge in [0.05, 0.1) is 18.8 Å². The molecule has 0 spiro atoms. The number of aliphatic hydroxyl groups excluding tert-OH is 2. The summed E-state index contributed by atoms with van der Waals surface area (Å²) < 4.78 is 11.8. The number of piperidine rings is 1. The van der Waals surface area contributed by atoms with Crippen LogP contribution in [-0.4, -0.2) is 67.0 Å². The molecule has 0 aromatic rings. The number of hydrogen-bond donors (Lipinski definition) is 2. The molecule has 1 aliphatic heterocycles. The smallest absolute Gasteiger partial charge is 0.410 e. The van der Waals surface area contributed by atoms with Gasteiger partial charge in [-0.1, -0.05) is 20.8 Å². The topological polar surface area (TPSA) is 79.2 Å². The molecule has 2 N–H and O–H groups in total. The monoisotopic (exact) mass is 403 g/mol. The molecule has 0 aliphatic carbocycles. The first-order chi connectivity index (χ1) is 12.0. The molecule has 1 heterocycles. The van der Waals surface area contributed by atoms with Gasteiger partial charge in [0.15, 0.2) is 8.32 Å². The second kappa shape index (κ2) is 8.39. The van der Waals surface area contributed by atoms with Crippen LogP contribution in [0.1, 0.15) is 61.3 Å². The summed E-state index contributed by atoms with van der Waals surface area (Å²) in [7, 11) is -2.02. The van der Waals surface area contributed by atoms with Gasteiger partial charge in [-0.15, -0.1) is 0 Å². The van der Waals surface area contributed by atoms with Crippen LogP contribution in [0.2, 0.25) is 18.1 Å². The maximum Gasteiger partial charge on any atom is 0.410 e. The van der Waals surface area contributed by atoms with Gasteiger partial charge in [-0.25, -0.2) is 4.79 Å². The van der Waals surface area contributed by atoms with Gasteiger partial charge in [0, 0.05) is 18.5 Å². The SMILES string of the molecule is C[C@H](O[Si](C)(C)C(C)(C)C)C(O)C1(CO)CCN(C(=O)OC(C)(C)C)CC1. The highest BCUT2D eigenvalue weighted by molar-refractivity contribution is 6.74. The molecule has 1 fully saturated rings. The van der Waals surface area contributed by atoms with Crippen molar-refractivity contribution in [3.63, 3.8) is 0 Å². The summed E-state index contributed by atoms with van der Waals surface area (Å²) in [4.78, 5) is 13.9. The average Bonchev–Trinajstić information content (AvgIpc) is 2.51. The van der Waals surface area contributed by atoms with Crippen molar-refractivity contribution in [2.24, 2.45) is 5.41 Å². The molecule has 1 rings (SSSR count). The number of carbonyl (C=O) groups is 1. The Kier molecular flexibility index (Phi) is 7.58. The van der Waals surface area contributed by atoms with Crippen LogP contribution in [0.5, 0.6) is 0 Å². The largest absolute Gasteiger partial charge is 0.444 e. The van der Waals surface area contributed by atoms with Gasteiger partial charge in [-0.3, -0.25) is 0 Å². The number of ether oxygens (including phenoxy) is 1. The summed E-state index contributed by atoms with van der Waals surface area (Å²) in [6.07, 6.45) is -0.442. The van der Waals surface area contributed by atoms with E-state index >= 15 is 0 Å². The van der Waals surface area contributed by atoms with Crippen molar-refractivity contribution in [3.05, 3.63) is 0 Å². The Balaban J connectivity index is 2.79. The Morgan fingerprint density at radius 2 is 1.63 bits per heavy atom. The highest BCUT2D eigenvalue weighted by Crippen LogP contribution is 2.41. The highest BCUT2D eigenvalue weighted by Gasteiger charge is 2.47. The van der Waals surface area contributed by atoms with Crippen LogP contribution in [0.15, 0.2) is 0 Å². The van der Waals surface area contributed by atoms with Crippen LogP contribution in [0, 0.1) is 5.41 Å². The van der Waals surface area contributed by atoms with E-state index < -0.39 is 25.4 Å². The lowest BCUT2D eigenvalue weighted by atomic mass is 9.73. The molecule has 0 aromatic heterocycles. The first kappa shape index (κ1) is 24.4. The maximum absolute atomic E-state index is 12.3. The molecule has 7 heteroatoms. The minimum atomic E-state index is -2.02. The Labute approximate surface area is 166 Å². The first-order valence-electron chi connectivity index (χ1n) is 9.99. The number of carbonyl (C=O) groups excluding carboxylic acids is 1. The van der Waals surface area contributed by atoms with Gasteiger partial charge in [-0.05, 0) is 58.7 Å². The van der Waals surface area contributed by atoms with Crippen molar-refractivity contribution >= 4 is 14.4 Å². The Morgan fingerprint density at radius 1 is 1.15 bits per heavy atom. The normalized spacial score (nSPS) is 20.9. The van der Waals surface area contributed by atoms with Crippen molar-refractivity contribution in [3.8, 4) is 0 Å². The molecular weight excluding hydrogens is 362 g/mol. The zero-order chi connectivity index (χ0) is 21.3. The van der Waals surface area contributed by atoms with Crippen LogP contribution < -0.4 is 0 Å². The predicted octanol–water partition coefficient (Wildman–Crippen LogP) is 3.77. The molecule has 1 saturated heterocycles. The van der Waals surface area contributed by atoms with Crippen LogP contribution in [0.3, 0.4) is 0 Å². The van der Waals surface area contributed by atoms with Crippen molar-refractivity contribution in [2.45, 2.75) is 97.2 Å². The number of amides is 1. The lowest BCUT2D eigenvalue weighted by molar-refractivity contribution is -0.102. The molecule has 2 atom stereocenters. The second-order valence-electron chi connectivity index (χ2n) is 10.5. The van der Waals surface area contributed by atoms with Gasteiger partial charge in [0.1, 0.15) is 5.60 Å². The number of hydrogen-bond acceptors (Lipinski definition) is 5. The summed E-state index contributed by atoms with van der Waals surface area (Å²) >= 11 is 0. The summed E-state index contributed by atoms with van der Waals surface area (Å²) in [5, 5.41) is 21.2. The molecule has 6 nitrogen and oxygen atoms in total. The van der Waals surface area contributed by atoms with Gasteiger partial charge in [0.25, 0.3) is 0 Å². The van der Waals surface area contributed by atoms with E-state index in [2.05, 4.69) is 33.9 Å². The van der Waals surface area contributed by atoms with Crippen molar-refractivity contribution in [1.29, 1.82) is 0 Å². The Bertz CT molecular complexity index is 501. The van der Waals surface area contributed by atoms with Gasteiger partial charge >= 0.3 is 6.09 Å². The van der Waals surface area contributed by atoms with E-state index in [9.17, 15) is 15.0 Å². The quantitative estimate of drug-likeness (QED) is 0.683. The van der Waals surface area contributed by atoms with Crippen molar-refractivity contribution in [2.75, 3.05) is 19.7 Å². The number of aliphatic hydroxyl groups is 2. The van der Waals surface area contributed by atoms with E-state index in [-0.39, 0.29) is 23.8 Å². The molecule has 1 unspecified atom stereocenters. The molecule has 1 aliphatic rings. The zero-order valence-corrected chi connectivity index (χ0v) is 19.8. The van der Waals surface area contributed by atoms with E-state index in [4.69, 9.17) is 9.16 Å². The standard InChI is InChI=1S/C20H41NO5Si/c1-15(26-27(8,9)19(5,6)7)16(23)20(14-22)10-12-21(13-11-20)17(24)25-18(2,3)4/h15-16,22-23H,10-14H2,1-9H3/t15-,16?/m0/s1. The number of nitrogens with zero attached hydrogens (tertiary/aromatic N) is 1. The third-order valence-electron chi connectivity index (χ3n) is 6.08. The molecule has 160 valence electrons. The third kappa shape index (κ3) is 6.17. The fourth-order valence-electron chi connectivity index (χ4n) is 3.21. The third-order valence-corrected chi connectivity index (χ3v) is 10.7. The molecule has 0 aromatic carbocycles. The number of likely N-dealkylation sites (tertiary alicyclic amines) is 1. The summed E-state index contributed by atoms with van der Waals surface area (Å²) in [6, 6.07) is 0. The van der Waals surface area contributed by atoms with Gasteiger partial charge < -0.3 is 24.3 Å². The minimum Gasteiger partial charge on any atom is -0.444 e. The Hall–Kier alpha value is -0.633. The molecular formula is C20H41NO5Si. The van der Waals surface area contributed by atoms with E-state index in [1.54, 1.807) is 4.90 Å². The lowest BCUT2D eigenvalue weighted by Crippen LogP contribution is -2.56. The number of rotatable bonds is 5. The minimum absolute atomic E-state index is 0.0490. The molecule has 1 amide bonds. The van der Waals surface area contributed by atoms with Gasteiger partial charge in [-0.2, -0.15) is 0 Å². The summed E-state index contributed by atoms with van der Waals surface area (Å²) in [6.45, 7) is 19.0. The molecule has 0 radical (unpaired) electrons. The lowest BCUT2D eigenvalue weighted by Gasteiger charge is -2.47. The van der Waals surface area contributed by atoms with Crippen LogP contribution in [0.4, 0.5) is 4.79 Å². The molecule has 0 bridgehead atoms. The average molecular weight is 404 g/mol. The van der Waals surface area contributed by atoms with Crippen LogP contribution in [0.25, 0.3) is 0 Å². The van der Waals surface area contributed by atoms with Crippen LogP contribution in [-0.2, 0) is 9.16 Å². The highest BCUT2D eigenvalue weighted by atomic mass is 28.4. The van der Waals surface area contributed by atoms with Crippen molar-refractivity contribution in [1.82, 2.24) is 4.90 Å². The second-order valence-corrected chi connectivity index (χ2v) is 15.3. The maximum atomic E-state index is 12.3. The van der Waals surface area contributed by atoms with E-state index in [0.29, 0.717) is 25.9 Å². The zero-order valence-electron chi connectivity index (χ0n) is 18.8. The molecule has 27 heavy (non-hydrogen) atoms. The summed E-state index contributed by atoms with van der Waals surface area (Å²) in [5.41, 5.74) is -1.19. The van der Waals surface area contributed by atoms with Crippen molar-refractivity contribution < 1.29 is 24.2 Å². The molecule has 0 saturated carbocycles. The van der Waals surface area contributed by atoms with Gasteiger partial charge in [0.2, 0.25) is 0 Å². The van der Waals surface area contributed by atoms with E-state index in [0.717, 1.165) is 0 Å². The van der Waals surface area contributed by atoms with E-state index in [1.165, 1.54) is 0 Å². The fraction of sp³-hybridized carbons (Fsp3) is 0.950. The predicted molar refractivity (Wildman–Crippen MR) is 110 cm³/mol. The van der Waals surface area contributed by atoms with E-state index in [1.807, 2.05) is 27.7 Å². The first-order valence-corrected chi connectivity index (χ1v) is 12.9. The fourth-order valence-corrected chi connectivity index (χ4v) is 4.62. The summed E-state index contributed by atoms with van der Waals surface area (Å²) in [5.74, 6) is 0.